The number of piperidine rings is 2. The van der Waals surface area contributed by atoms with Gasteiger partial charge in [0, 0.05) is 65.0 Å². The van der Waals surface area contributed by atoms with Crippen molar-refractivity contribution in [3.63, 3.8) is 0 Å². The van der Waals surface area contributed by atoms with Crippen LogP contribution in [0.2, 0.25) is 0 Å². The van der Waals surface area contributed by atoms with Crippen molar-refractivity contribution in [3.05, 3.63) is 131 Å². The number of benzene rings is 5. The van der Waals surface area contributed by atoms with Gasteiger partial charge in [0.05, 0.1) is 0 Å². The molecule has 0 N–H and O–H groups in total. The van der Waals surface area contributed by atoms with E-state index in [1.54, 1.807) is 0 Å². The zero-order chi connectivity index (χ0) is 37.4. The molecule has 282 valence electrons. The van der Waals surface area contributed by atoms with Gasteiger partial charge in [0.25, 0.3) is 0 Å². The molecule has 1 unspecified atom stereocenters. The minimum Gasteiger partial charge on any atom is -0.472 e. The van der Waals surface area contributed by atoms with Crippen molar-refractivity contribution in [2.75, 3.05) is 36.0 Å². The summed E-state index contributed by atoms with van der Waals surface area (Å²) in [5, 5.41) is 2.57. The first kappa shape index (κ1) is 35.0. The van der Waals surface area contributed by atoms with Crippen molar-refractivity contribution >= 4 is 28.2 Å². The first-order valence-electron chi connectivity index (χ1n) is 21.4. The highest BCUT2D eigenvalue weighted by molar-refractivity contribution is 6.09. The third-order valence-electron chi connectivity index (χ3n) is 14.2. The molecule has 5 aliphatic rings. The zero-order valence-corrected chi connectivity index (χ0v) is 33.6. The van der Waals surface area contributed by atoms with Gasteiger partial charge in [-0.3, -0.25) is 0 Å². The molecule has 5 aromatic carbocycles. The summed E-state index contributed by atoms with van der Waals surface area (Å²) in [6.07, 6.45) is 17.4. The molecule has 3 heteroatoms. The molecule has 10 rings (SSSR count). The summed E-state index contributed by atoms with van der Waals surface area (Å²) in [4.78, 5) is 5.16. The Kier molecular flexibility index (Phi) is 8.29. The molecule has 3 fully saturated rings. The summed E-state index contributed by atoms with van der Waals surface area (Å²) in [7, 11) is 0. The lowest BCUT2D eigenvalue weighted by molar-refractivity contribution is 0.162. The maximum atomic E-state index is 7.91. The Bertz CT molecular complexity index is 2250. The highest BCUT2D eigenvalue weighted by Crippen LogP contribution is 2.65. The van der Waals surface area contributed by atoms with Crippen molar-refractivity contribution in [3.8, 4) is 16.9 Å². The van der Waals surface area contributed by atoms with Gasteiger partial charge in [-0.1, -0.05) is 107 Å². The van der Waals surface area contributed by atoms with Gasteiger partial charge in [0.15, 0.2) is 5.60 Å². The van der Waals surface area contributed by atoms with Gasteiger partial charge in [-0.25, -0.2) is 0 Å². The Hall–Kier alpha value is -4.50. The van der Waals surface area contributed by atoms with Crippen LogP contribution in [0.25, 0.3) is 28.0 Å². The molecule has 5 aromatic rings. The second-order valence-electron chi connectivity index (χ2n) is 19.2. The van der Waals surface area contributed by atoms with Crippen molar-refractivity contribution < 1.29 is 4.74 Å². The second kappa shape index (κ2) is 13.0. The zero-order valence-electron chi connectivity index (χ0n) is 33.6. The highest BCUT2D eigenvalue weighted by atomic mass is 16.5. The summed E-state index contributed by atoms with van der Waals surface area (Å²) in [5.74, 6) is 1.05. The Labute approximate surface area is 329 Å². The van der Waals surface area contributed by atoms with Crippen molar-refractivity contribution in [1.82, 2.24) is 0 Å². The van der Waals surface area contributed by atoms with E-state index in [2.05, 4.69) is 147 Å². The molecule has 2 aliphatic carbocycles. The fourth-order valence-corrected chi connectivity index (χ4v) is 11.7. The summed E-state index contributed by atoms with van der Waals surface area (Å²) < 4.78 is 7.91. The van der Waals surface area contributed by atoms with E-state index >= 15 is 0 Å². The summed E-state index contributed by atoms with van der Waals surface area (Å²) in [5.41, 5.74) is 11.7. The molecule has 3 aliphatic heterocycles. The molecular formula is C52H58N2O. The normalized spacial score (nSPS) is 23.5. The lowest BCUT2D eigenvalue weighted by Crippen LogP contribution is -2.37. The van der Waals surface area contributed by atoms with E-state index in [1.807, 2.05) is 0 Å². The first-order valence-corrected chi connectivity index (χ1v) is 21.4. The van der Waals surface area contributed by atoms with Crippen LogP contribution < -0.4 is 14.5 Å². The third kappa shape index (κ3) is 5.74. The molecule has 2 saturated heterocycles. The SMILES string of the molecule is CC1(C)CCC(C)(C)CC2(C1)c1ccccc1-c1c2c2c(c3cc(N4CCCCC4)ccc13)OC(c1ccccc1)(c1ccc(N3CCCCC3)cc1)C=C2. The number of hydrogen-bond donors (Lipinski definition) is 0. The number of anilines is 2. The largest absolute Gasteiger partial charge is 0.472 e. The monoisotopic (exact) mass is 726 g/mol. The minimum atomic E-state index is -0.766. The fraction of sp³-hybridized carbons (Fsp3) is 0.423. The summed E-state index contributed by atoms with van der Waals surface area (Å²) >= 11 is 0. The number of fused-ring (bicyclic) bond motifs is 10. The molecule has 55 heavy (non-hydrogen) atoms. The van der Waals surface area contributed by atoms with E-state index in [4.69, 9.17) is 4.74 Å². The van der Waals surface area contributed by atoms with Crippen LogP contribution >= 0.6 is 0 Å². The number of hydrogen-bond acceptors (Lipinski definition) is 3. The van der Waals surface area contributed by atoms with Crippen LogP contribution in [0.5, 0.6) is 5.75 Å². The molecule has 0 radical (unpaired) electrons. The maximum absolute atomic E-state index is 7.91. The van der Waals surface area contributed by atoms with E-state index < -0.39 is 5.60 Å². The Morgan fingerprint density at radius 2 is 1.15 bits per heavy atom. The van der Waals surface area contributed by atoms with Gasteiger partial charge in [-0.15, -0.1) is 0 Å². The molecule has 0 bridgehead atoms. The molecule has 3 nitrogen and oxygen atoms in total. The van der Waals surface area contributed by atoms with Gasteiger partial charge in [0.2, 0.25) is 0 Å². The molecule has 1 atom stereocenters. The highest BCUT2D eigenvalue weighted by Gasteiger charge is 2.53. The van der Waals surface area contributed by atoms with Crippen molar-refractivity contribution in [2.45, 2.75) is 103 Å². The predicted molar refractivity (Wildman–Crippen MR) is 232 cm³/mol. The Balaban J connectivity index is 1.24. The predicted octanol–water partition coefficient (Wildman–Crippen LogP) is 13.1. The number of ether oxygens (including phenoxy) is 1. The average molecular weight is 727 g/mol. The van der Waals surface area contributed by atoms with Crippen LogP contribution in [-0.4, -0.2) is 26.2 Å². The van der Waals surface area contributed by atoms with Crippen LogP contribution in [0.1, 0.15) is 120 Å². The molecule has 3 heterocycles. The lowest BCUT2D eigenvalue weighted by Gasteiger charge is -2.43. The van der Waals surface area contributed by atoms with E-state index in [1.165, 1.54) is 107 Å². The van der Waals surface area contributed by atoms with Crippen LogP contribution in [0, 0.1) is 10.8 Å². The second-order valence-corrected chi connectivity index (χ2v) is 19.2. The van der Waals surface area contributed by atoms with E-state index in [0.29, 0.717) is 0 Å². The molecule has 1 spiro atoms. The number of rotatable bonds is 4. The minimum absolute atomic E-state index is 0.115. The molecule has 1 saturated carbocycles. The molecule has 0 amide bonds. The first-order chi connectivity index (χ1) is 26.7. The Morgan fingerprint density at radius 3 is 1.82 bits per heavy atom. The van der Waals surface area contributed by atoms with Crippen molar-refractivity contribution in [1.29, 1.82) is 0 Å². The maximum Gasteiger partial charge on any atom is 0.178 e. The van der Waals surface area contributed by atoms with Crippen LogP contribution in [-0.2, 0) is 11.0 Å². The van der Waals surface area contributed by atoms with Crippen LogP contribution in [0.4, 0.5) is 11.4 Å². The van der Waals surface area contributed by atoms with E-state index in [-0.39, 0.29) is 16.2 Å². The smallest absolute Gasteiger partial charge is 0.178 e. The molecule has 0 aromatic heterocycles. The average Bonchev–Trinajstić information content (AvgIpc) is 3.43. The number of nitrogens with zero attached hydrogens (tertiary/aromatic N) is 2. The van der Waals surface area contributed by atoms with Crippen LogP contribution in [0.3, 0.4) is 0 Å². The lowest BCUT2D eigenvalue weighted by atomic mass is 9.62. The topological polar surface area (TPSA) is 15.7 Å². The van der Waals surface area contributed by atoms with Gasteiger partial charge >= 0.3 is 0 Å². The fourth-order valence-electron chi connectivity index (χ4n) is 11.7. The molecular weight excluding hydrogens is 669 g/mol. The van der Waals surface area contributed by atoms with Crippen LogP contribution in [0.15, 0.2) is 103 Å². The van der Waals surface area contributed by atoms with E-state index in [9.17, 15) is 0 Å². The summed E-state index contributed by atoms with van der Waals surface area (Å²) in [6, 6.07) is 37.2. The Morgan fingerprint density at radius 1 is 0.564 bits per heavy atom. The van der Waals surface area contributed by atoms with Gasteiger partial charge in [-0.05, 0) is 133 Å². The van der Waals surface area contributed by atoms with Gasteiger partial charge in [-0.2, -0.15) is 0 Å². The van der Waals surface area contributed by atoms with Gasteiger partial charge < -0.3 is 14.5 Å². The van der Waals surface area contributed by atoms with Gasteiger partial charge in [0.1, 0.15) is 5.75 Å². The van der Waals surface area contributed by atoms with Crippen molar-refractivity contribution in [2.24, 2.45) is 10.8 Å². The van der Waals surface area contributed by atoms with E-state index in [0.717, 1.165) is 50.3 Å². The quantitative estimate of drug-likeness (QED) is 0.183. The standard InChI is InChI=1S/C52H58N2O/c1-49(2)28-29-50(3,4)36-51(35-49)45-19-11-10-18-42(45)46-41-25-24-40(54-32-14-7-15-33-54)34-44(41)48-43(47(46)51)26-27-52(55-48,37-16-8-5-9-17-37)38-20-22-39(23-21-38)53-30-12-6-13-31-53/h5,8-11,16-27,34H,6-7,12-15,28-33,35-36H2,1-4H3. The summed E-state index contributed by atoms with van der Waals surface area (Å²) in [6.45, 7) is 14.6. The third-order valence-corrected chi connectivity index (χ3v) is 14.2.